The number of rotatable bonds is 4. The molecular weight excluding hydrogens is 388 g/mol. The number of aromatic amines is 1. The molecule has 0 spiro atoms. The predicted octanol–water partition coefficient (Wildman–Crippen LogP) is -5.45. The Morgan fingerprint density at radius 3 is 2.76 bits per heavy atom. The number of nitrogens with two attached hydrogens (primary N) is 1. The number of nitrogen functional groups attached to an aromatic ring is 1. The molecule has 0 radical (unpaired) electrons. The summed E-state index contributed by atoms with van der Waals surface area (Å²) in [4.78, 5) is 39.1. The van der Waals surface area contributed by atoms with Crippen molar-refractivity contribution in [1.29, 1.82) is 0 Å². The third kappa shape index (κ3) is 4.37. The summed E-state index contributed by atoms with van der Waals surface area (Å²) < 4.78 is 21.6. The smallest absolute Gasteiger partial charge is 1.00 e. The molecule has 3 rings (SSSR count). The number of nitrogens with zero attached hydrogens (tertiary/aromatic N) is 3. The number of hydrogen-bond donors (Lipinski definition) is 6. The Labute approximate surface area is 183 Å². The van der Waals surface area contributed by atoms with E-state index < -0.39 is 44.5 Å². The second kappa shape index (κ2) is 7.80. The topological polar surface area (TPSA) is 206 Å². The SMILES string of the molecule is Nc1nc2c(ncn2[C@@H]2O[C@H](COP(=O)(O)O)C(O)C2O)c(=O)[nH]1.[H-].[K+]. The number of imidazole rings is 1. The first-order chi connectivity index (χ1) is 11.2. The molecule has 2 aromatic heterocycles. The van der Waals surface area contributed by atoms with Crippen LogP contribution in [-0.4, -0.2) is 64.4 Å². The minimum Gasteiger partial charge on any atom is -1.00 e. The first-order valence-electron chi connectivity index (χ1n) is 6.61. The van der Waals surface area contributed by atoms with Crippen molar-refractivity contribution in [3.8, 4) is 0 Å². The number of fused-ring (bicyclic) bond motifs is 1. The average Bonchev–Trinajstić information content (AvgIpc) is 3.00. The Balaban J connectivity index is 0.00000169. The fraction of sp³-hybridized carbons (Fsp3) is 0.500. The van der Waals surface area contributed by atoms with Gasteiger partial charge in [-0.2, -0.15) is 4.98 Å². The maximum absolute atomic E-state index is 11.7. The van der Waals surface area contributed by atoms with Crippen LogP contribution in [0.4, 0.5) is 5.95 Å². The second-order valence-electron chi connectivity index (χ2n) is 5.11. The molecule has 0 amide bonds. The van der Waals surface area contributed by atoms with Crippen molar-refractivity contribution in [2.75, 3.05) is 12.3 Å². The van der Waals surface area contributed by atoms with Gasteiger partial charge >= 0.3 is 59.2 Å². The molecular formula is C10H15KN5O8P. The number of nitrogens with one attached hydrogen (secondary N) is 1. The van der Waals surface area contributed by atoms with E-state index in [4.69, 9.17) is 20.3 Å². The van der Waals surface area contributed by atoms with Crippen LogP contribution in [0.3, 0.4) is 0 Å². The van der Waals surface area contributed by atoms with Crippen LogP contribution in [0.25, 0.3) is 11.2 Å². The molecule has 25 heavy (non-hydrogen) atoms. The van der Waals surface area contributed by atoms with Crippen LogP contribution in [0.1, 0.15) is 7.65 Å². The van der Waals surface area contributed by atoms with Gasteiger partial charge in [0.25, 0.3) is 5.56 Å². The van der Waals surface area contributed by atoms with Crippen molar-refractivity contribution in [1.82, 2.24) is 19.5 Å². The van der Waals surface area contributed by atoms with Crippen LogP contribution < -0.4 is 62.7 Å². The third-order valence-electron chi connectivity index (χ3n) is 3.47. The van der Waals surface area contributed by atoms with Crippen molar-refractivity contribution in [3.05, 3.63) is 16.7 Å². The molecule has 1 fully saturated rings. The van der Waals surface area contributed by atoms with Crippen molar-refractivity contribution in [2.24, 2.45) is 0 Å². The normalized spacial score (nSPS) is 26.7. The van der Waals surface area contributed by atoms with Gasteiger partial charge in [0.05, 0.1) is 12.9 Å². The minimum atomic E-state index is -4.76. The van der Waals surface area contributed by atoms with E-state index in [0.29, 0.717) is 0 Å². The van der Waals surface area contributed by atoms with E-state index in [-0.39, 0.29) is 69.9 Å². The van der Waals surface area contributed by atoms with Crippen molar-refractivity contribution < 1.29 is 86.6 Å². The second-order valence-corrected chi connectivity index (χ2v) is 6.35. The summed E-state index contributed by atoms with van der Waals surface area (Å²) in [6, 6.07) is 0. The van der Waals surface area contributed by atoms with E-state index in [0.717, 1.165) is 0 Å². The molecule has 3 heterocycles. The van der Waals surface area contributed by atoms with Gasteiger partial charge in [0, 0.05) is 0 Å². The van der Waals surface area contributed by atoms with Crippen LogP contribution in [0.15, 0.2) is 11.1 Å². The van der Waals surface area contributed by atoms with E-state index in [1.54, 1.807) is 0 Å². The largest absolute Gasteiger partial charge is 1.00 e. The molecule has 13 nitrogen and oxygen atoms in total. The van der Waals surface area contributed by atoms with Gasteiger partial charge in [-0.3, -0.25) is 18.9 Å². The van der Waals surface area contributed by atoms with Crippen LogP contribution in [0.5, 0.6) is 0 Å². The number of aromatic nitrogens is 4. The fourth-order valence-electron chi connectivity index (χ4n) is 2.40. The first-order valence-corrected chi connectivity index (χ1v) is 8.14. The molecule has 7 N–H and O–H groups in total. The van der Waals surface area contributed by atoms with Crippen molar-refractivity contribution in [2.45, 2.75) is 24.5 Å². The minimum absolute atomic E-state index is 0. The zero-order valence-electron chi connectivity index (χ0n) is 13.9. The Bertz CT molecular complexity index is 873. The van der Waals surface area contributed by atoms with Gasteiger partial charge in [-0.05, 0) is 0 Å². The van der Waals surface area contributed by atoms with E-state index in [1.165, 1.54) is 10.9 Å². The quantitative estimate of drug-likeness (QED) is 0.210. The van der Waals surface area contributed by atoms with Crippen LogP contribution in [0, 0.1) is 0 Å². The van der Waals surface area contributed by atoms with Gasteiger partial charge < -0.3 is 31.9 Å². The molecule has 0 saturated carbocycles. The van der Waals surface area contributed by atoms with Gasteiger partial charge in [-0.25, -0.2) is 9.55 Å². The molecule has 0 aliphatic carbocycles. The number of aliphatic hydroxyl groups is 2. The number of aliphatic hydroxyl groups excluding tert-OH is 2. The molecule has 134 valence electrons. The number of hydrogen-bond acceptors (Lipinski definition) is 9. The Hall–Kier alpha value is -0.224. The van der Waals surface area contributed by atoms with Gasteiger partial charge in [0.15, 0.2) is 17.4 Å². The molecule has 1 saturated heterocycles. The molecule has 1 aliphatic rings. The van der Waals surface area contributed by atoms with Crippen molar-refractivity contribution >= 4 is 24.9 Å². The maximum atomic E-state index is 11.7. The molecule has 2 unspecified atom stereocenters. The molecule has 15 heteroatoms. The summed E-state index contributed by atoms with van der Waals surface area (Å²) in [6.45, 7) is -0.651. The van der Waals surface area contributed by atoms with E-state index in [2.05, 4.69) is 19.5 Å². The summed E-state index contributed by atoms with van der Waals surface area (Å²) in [5, 5.41) is 20.1. The Kier molecular flexibility index (Phi) is 6.57. The van der Waals surface area contributed by atoms with Gasteiger partial charge in [-0.1, -0.05) is 0 Å². The van der Waals surface area contributed by atoms with Gasteiger partial charge in [0.1, 0.15) is 18.3 Å². The van der Waals surface area contributed by atoms with Crippen LogP contribution >= 0.6 is 7.82 Å². The maximum Gasteiger partial charge on any atom is 1.00 e. The van der Waals surface area contributed by atoms with Crippen LogP contribution in [0.2, 0.25) is 0 Å². The Morgan fingerprint density at radius 1 is 1.44 bits per heavy atom. The molecule has 1 aliphatic heterocycles. The number of ether oxygens (including phenoxy) is 1. The number of H-pyrrole nitrogens is 1. The molecule has 0 aromatic carbocycles. The third-order valence-corrected chi connectivity index (χ3v) is 3.95. The first kappa shape index (κ1) is 21.1. The van der Waals surface area contributed by atoms with Gasteiger partial charge in [0.2, 0.25) is 5.95 Å². The molecule has 4 atom stereocenters. The van der Waals surface area contributed by atoms with E-state index >= 15 is 0 Å². The van der Waals surface area contributed by atoms with Crippen molar-refractivity contribution in [3.63, 3.8) is 0 Å². The monoisotopic (exact) mass is 403 g/mol. The van der Waals surface area contributed by atoms with E-state index in [9.17, 15) is 19.6 Å². The standard InChI is InChI=1S/C10H14N5O8P.K.H/c11-10-13-7-4(8(18)14-10)12-2-15(7)9-6(17)5(16)3(23-9)1-22-24(19,20)21;;/h2-3,5-6,9,16-17H,1H2,(H2,19,20,21)(H3,11,13,14,18);;/q;+1;-1/t3-,5?,6?,9-;;/m1../s1. The average molecular weight is 403 g/mol. The number of anilines is 1. The Morgan fingerprint density at radius 2 is 2.12 bits per heavy atom. The number of phosphoric acid groups is 1. The predicted molar refractivity (Wildman–Crippen MR) is 77.6 cm³/mol. The molecule has 0 bridgehead atoms. The summed E-state index contributed by atoms with van der Waals surface area (Å²) in [6.07, 6.45) is -4.22. The summed E-state index contributed by atoms with van der Waals surface area (Å²) in [5.41, 5.74) is 4.84. The number of phosphoric ester groups is 1. The van der Waals surface area contributed by atoms with Gasteiger partial charge in [-0.15, -0.1) is 0 Å². The molecule has 2 aromatic rings. The summed E-state index contributed by atoms with van der Waals surface area (Å²) >= 11 is 0. The zero-order valence-corrected chi connectivity index (χ0v) is 16.9. The summed E-state index contributed by atoms with van der Waals surface area (Å²) in [5.74, 6) is -0.177. The fourth-order valence-corrected chi connectivity index (χ4v) is 2.74. The van der Waals surface area contributed by atoms with E-state index in [1.807, 2.05) is 0 Å². The summed E-state index contributed by atoms with van der Waals surface area (Å²) in [7, 11) is -4.76. The zero-order chi connectivity index (χ0) is 17.6. The van der Waals surface area contributed by atoms with Crippen LogP contribution in [-0.2, 0) is 13.8 Å².